The molecule has 0 amide bonds. The smallest absolute Gasteiger partial charge is 0.306 e. The van der Waals surface area contributed by atoms with E-state index >= 15 is 0 Å². The third kappa shape index (κ3) is 4.62. The summed E-state index contributed by atoms with van der Waals surface area (Å²) in [6, 6.07) is 6.15. The number of ether oxygens (including phenoxy) is 1. The molecule has 19 heavy (non-hydrogen) atoms. The van der Waals surface area contributed by atoms with Gasteiger partial charge in [0.25, 0.3) is 0 Å². The van der Waals surface area contributed by atoms with Gasteiger partial charge in [0, 0.05) is 12.6 Å². The Hall–Kier alpha value is -1.44. The van der Waals surface area contributed by atoms with Crippen molar-refractivity contribution >= 4 is 16.0 Å². The van der Waals surface area contributed by atoms with E-state index < -0.39 is 16.0 Å². The van der Waals surface area contributed by atoms with E-state index in [2.05, 4.69) is 9.46 Å². The number of carbonyl (C=O) groups excluding carboxylic acids is 1. The summed E-state index contributed by atoms with van der Waals surface area (Å²) in [6.45, 7) is 1.82. The Labute approximate surface area is 113 Å². The van der Waals surface area contributed by atoms with Crippen LogP contribution < -0.4 is 10.5 Å². The molecular formula is C12H18N2O4S. The van der Waals surface area contributed by atoms with Gasteiger partial charge in [-0.2, -0.15) is 0 Å². The number of nitrogens with one attached hydrogen (secondary N) is 1. The van der Waals surface area contributed by atoms with Gasteiger partial charge in [0.2, 0.25) is 10.0 Å². The zero-order valence-electron chi connectivity index (χ0n) is 10.9. The van der Waals surface area contributed by atoms with E-state index in [4.69, 9.17) is 5.73 Å². The van der Waals surface area contributed by atoms with Crippen molar-refractivity contribution < 1.29 is 17.9 Å². The molecule has 0 saturated carbocycles. The van der Waals surface area contributed by atoms with Crippen LogP contribution in [0.15, 0.2) is 29.2 Å². The van der Waals surface area contributed by atoms with E-state index in [0.717, 1.165) is 5.56 Å². The number of esters is 1. The van der Waals surface area contributed by atoms with E-state index in [-0.39, 0.29) is 23.9 Å². The minimum Gasteiger partial charge on any atom is -0.469 e. The maximum Gasteiger partial charge on any atom is 0.306 e. The second-order valence-corrected chi connectivity index (χ2v) is 5.85. The van der Waals surface area contributed by atoms with E-state index in [1.165, 1.54) is 19.2 Å². The molecule has 106 valence electrons. The van der Waals surface area contributed by atoms with Gasteiger partial charge in [-0.05, 0) is 24.6 Å². The lowest BCUT2D eigenvalue weighted by atomic mass is 10.1. The summed E-state index contributed by atoms with van der Waals surface area (Å²) in [5.74, 6) is -0.463. The lowest BCUT2D eigenvalue weighted by molar-refractivity contribution is -0.140. The van der Waals surface area contributed by atoms with Gasteiger partial charge in [-0.15, -0.1) is 0 Å². The Balaban J connectivity index is 2.69. The summed E-state index contributed by atoms with van der Waals surface area (Å²) >= 11 is 0. The van der Waals surface area contributed by atoms with E-state index in [1.54, 1.807) is 12.1 Å². The minimum absolute atomic E-state index is 0.00402. The van der Waals surface area contributed by atoms with Gasteiger partial charge < -0.3 is 10.5 Å². The lowest BCUT2D eigenvalue weighted by Gasteiger charge is -2.08. The van der Waals surface area contributed by atoms with Crippen molar-refractivity contribution in [3.63, 3.8) is 0 Å². The van der Waals surface area contributed by atoms with E-state index in [1.807, 2.05) is 6.92 Å². The third-order valence-electron chi connectivity index (χ3n) is 2.57. The molecule has 6 nitrogen and oxygen atoms in total. The first-order chi connectivity index (χ1) is 8.86. The van der Waals surface area contributed by atoms with Crippen LogP contribution >= 0.6 is 0 Å². The number of hydrogen-bond donors (Lipinski definition) is 2. The zero-order valence-corrected chi connectivity index (χ0v) is 11.7. The molecule has 1 rings (SSSR count). The number of nitrogens with two attached hydrogens (primary N) is 1. The highest BCUT2D eigenvalue weighted by atomic mass is 32.2. The first-order valence-corrected chi connectivity index (χ1v) is 7.27. The summed E-state index contributed by atoms with van der Waals surface area (Å²) in [4.78, 5) is 11.0. The minimum atomic E-state index is -3.61. The summed E-state index contributed by atoms with van der Waals surface area (Å²) < 4.78 is 30.5. The van der Waals surface area contributed by atoms with Gasteiger partial charge in [-0.1, -0.05) is 12.1 Å². The van der Waals surface area contributed by atoms with Crippen LogP contribution in [0.5, 0.6) is 0 Å². The molecule has 0 fully saturated rings. The van der Waals surface area contributed by atoms with E-state index in [0.29, 0.717) is 0 Å². The normalized spacial score (nSPS) is 13.0. The van der Waals surface area contributed by atoms with Gasteiger partial charge in [0.15, 0.2) is 0 Å². The highest BCUT2D eigenvalue weighted by Crippen LogP contribution is 2.14. The zero-order chi connectivity index (χ0) is 14.5. The standard InChI is InChI=1S/C12H18N2O4S/c1-9(13)10-3-5-11(6-4-10)19(16,17)14-8-7-12(15)18-2/h3-6,9,14H,7-8,13H2,1-2H3. The molecule has 0 aliphatic heterocycles. The Morgan fingerprint density at radius 3 is 2.42 bits per heavy atom. The average molecular weight is 286 g/mol. The number of methoxy groups -OCH3 is 1. The predicted molar refractivity (Wildman–Crippen MR) is 70.9 cm³/mol. The molecule has 0 aliphatic carbocycles. The van der Waals surface area contributed by atoms with Crippen LogP contribution in [-0.2, 0) is 19.6 Å². The first-order valence-electron chi connectivity index (χ1n) is 5.79. The number of benzene rings is 1. The molecule has 0 heterocycles. The van der Waals surface area contributed by atoms with Crippen molar-refractivity contribution in [2.75, 3.05) is 13.7 Å². The number of sulfonamides is 1. The van der Waals surface area contributed by atoms with Gasteiger partial charge >= 0.3 is 5.97 Å². The second-order valence-electron chi connectivity index (χ2n) is 4.08. The summed E-state index contributed by atoms with van der Waals surface area (Å²) in [5.41, 5.74) is 6.54. The molecule has 0 bridgehead atoms. The fourth-order valence-electron chi connectivity index (χ4n) is 1.42. The molecule has 0 spiro atoms. The maximum absolute atomic E-state index is 11.9. The van der Waals surface area contributed by atoms with Crippen molar-refractivity contribution in [1.82, 2.24) is 4.72 Å². The Morgan fingerprint density at radius 1 is 1.37 bits per heavy atom. The first kappa shape index (κ1) is 15.6. The highest BCUT2D eigenvalue weighted by Gasteiger charge is 2.14. The monoisotopic (exact) mass is 286 g/mol. The van der Waals surface area contributed by atoms with Crippen LogP contribution in [0.2, 0.25) is 0 Å². The molecule has 1 aromatic carbocycles. The van der Waals surface area contributed by atoms with Gasteiger partial charge in [-0.3, -0.25) is 4.79 Å². The van der Waals surface area contributed by atoms with Crippen LogP contribution in [0.25, 0.3) is 0 Å². The highest BCUT2D eigenvalue weighted by molar-refractivity contribution is 7.89. The maximum atomic E-state index is 11.9. The molecule has 1 aromatic rings. The van der Waals surface area contributed by atoms with Crippen molar-refractivity contribution in [2.45, 2.75) is 24.3 Å². The van der Waals surface area contributed by atoms with Crippen molar-refractivity contribution in [3.05, 3.63) is 29.8 Å². The summed E-state index contributed by atoms with van der Waals surface area (Å²) in [5, 5.41) is 0. The van der Waals surface area contributed by atoms with Crippen LogP contribution in [0.3, 0.4) is 0 Å². The number of rotatable bonds is 6. The summed E-state index contributed by atoms with van der Waals surface area (Å²) in [6.07, 6.45) is -0.00630. The fraction of sp³-hybridized carbons (Fsp3) is 0.417. The molecule has 3 N–H and O–H groups in total. The largest absolute Gasteiger partial charge is 0.469 e. The van der Waals surface area contributed by atoms with E-state index in [9.17, 15) is 13.2 Å². The van der Waals surface area contributed by atoms with Gasteiger partial charge in [-0.25, -0.2) is 13.1 Å². The molecule has 1 atom stereocenters. The third-order valence-corrected chi connectivity index (χ3v) is 4.04. The molecule has 0 saturated heterocycles. The quantitative estimate of drug-likeness (QED) is 0.744. The van der Waals surface area contributed by atoms with Crippen molar-refractivity contribution in [1.29, 1.82) is 0 Å². The molecule has 7 heteroatoms. The van der Waals surface area contributed by atoms with Crippen molar-refractivity contribution in [3.8, 4) is 0 Å². The molecule has 0 radical (unpaired) electrons. The molecule has 1 unspecified atom stereocenters. The van der Waals surface area contributed by atoms with Crippen LogP contribution in [-0.4, -0.2) is 28.0 Å². The predicted octanol–water partition coefficient (Wildman–Crippen LogP) is 0.548. The Kier molecular flexibility index (Phi) is 5.46. The second kappa shape index (κ2) is 6.65. The lowest BCUT2D eigenvalue weighted by Crippen LogP contribution is -2.26. The average Bonchev–Trinajstić information content (AvgIpc) is 2.38. The van der Waals surface area contributed by atoms with Crippen LogP contribution in [0, 0.1) is 0 Å². The molecule has 0 aromatic heterocycles. The Bertz CT molecular complexity index is 523. The SMILES string of the molecule is COC(=O)CCNS(=O)(=O)c1ccc(C(C)N)cc1. The van der Waals surface area contributed by atoms with Gasteiger partial charge in [0.1, 0.15) is 0 Å². The molecular weight excluding hydrogens is 268 g/mol. The van der Waals surface area contributed by atoms with Gasteiger partial charge in [0.05, 0.1) is 18.4 Å². The molecule has 0 aliphatic rings. The van der Waals surface area contributed by atoms with Crippen LogP contribution in [0.1, 0.15) is 24.9 Å². The topological polar surface area (TPSA) is 98.5 Å². The summed E-state index contributed by atoms with van der Waals surface area (Å²) in [7, 11) is -2.35. The Morgan fingerprint density at radius 2 is 1.95 bits per heavy atom. The fourth-order valence-corrected chi connectivity index (χ4v) is 2.46. The number of carbonyl (C=O) groups is 1. The van der Waals surface area contributed by atoms with Crippen LogP contribution in [0.4, 0.5) is 0 Å². The number of hydrogen-bond acceptors (Lipinski definition) is 5. The van der Waals surface area contributed by atoms with Crippen molar-refractivity contribution in [2.24, 2.45) is 5.73 Å².